The van der Waals surface area contributed by atoms with Crippen LogP contribution in [0.5, 0.6) is 0 Å². The number of benzene rings is 1. The zero-order valence-corrected chi connectivity index (χ0v) is 12.1. The Balaban J connectivity index is 2.20. The summed E-state index contributed by atoms with van der Waals surface area (Å²) in [7, 11) is 0. The lowest BCUT2D eigenvalue weighted by Crippen LogP contribution is -2.21. The second-order valence-corrected chi connectivity index (χ2v) is 4.85. The van der Waals surface area contributed by atoms with Gasteiger partial charge in [-0.05, 0) is 19.1 Å². The Hall–Kier alpha value is -2.95. The number of aryl methyl sites for hydroxylation is 1. The number of carbonyl (C=O) groups is 1. The molecule has 0 atom stereocenters. The minimum absolute atomic E-state index is 0.154. The molecule has 110 valence electrons. The van der Waals surface area contributed by atoms with Crippen LogP contribution in [0.4, 0.5) is 0 Å². The minimum Gasteiger partial charge on any atom is -0.294 e. The molecule has 2 heterocycles. The van der Waals surface area contributed by atoms with Gasteiger partial charge in [-0.1, -0.05) is 30.3 Å². The van der Waals surface area contributed by atoms with Gasteiger partial charge in [-0.15, -0.1) is 0 Å². The lowest BCUT2D eigenvalue weighted by Gasteiger charge is -2.02. The molecule has 1 aromatic carbocycles. The highest BCUT2D eigenvalue weighted by molar-refractivity contribution is 6.12. The van der Waals surface area contributed by atoms with Gasteiger partial charge in [0.1, 0.15) is 5.56 Å². The molecule has 0 fully saturated rings. The van der Waals surface area contributed by atoms with E-state index in [4.69, 9.17) is 0 Å². The summed E-state index contributed by atoms with van der Waals surface area (Å²) < 4.78 is 1.44. The Morgan fingerprint density at radius 3 is 2.59 bits per heavy atom. The first-order valence-electron chi connectivity index (χ1n) is 7.05. The minimum atomic E-state index is -0.319. The monoisotopic (exact) mass is 293 g/mol. The van der Waals surface area contributed by atoms with Gasteiger partial charge >= 0.3 is 0 Å². The van der Waals surface area contributed by atoms with E-state index in [1.54, 1.807) is 18.3 Å². The number of ketones is 1. The molecule has 0 amide bonds. The number of carbonyl (C=O) groups excluding carboxylic acids is 1. The number of nitrogens with one attached hydrogen (secondary N) is 1. The summed E-state index contributed by atoms with van der Waals surface area (Å²) in [6, 6.07) is 12.7. The summed E-state index contributed by atoms with van der Waals surface area (Å²) in [6.45, 7) is 2.32. The summed E-state index contributed by atoms with van der Waals surface area (Å²) in [5.41, 5.74) is 1.59. The van der Waals surface area contributed by atoms with E-state index in [0.29, 0.717) is 17.8 Å². The van der Waals surface area contributed by atoms with Crippen molar-refractivity contribution in [2.75, 3.05) is 0 Å². The lowest BCUT2D eigenvalue weighted by atomic mass is 10.0. The molecular weight excluding hydrogens is 278 g/mol. The molecule has 5 heteroatoms. The van der Waals surface area contributed by atoms with Crippen molar-refractivity contribution >= 4 is 5.78 Å². The van der Waals surface area contributed by atoms with E-state index in [2.05, 4.69) is 10.1 Å². The first-order chi connectivity index (χ1) is 10.7. The predicted octanol–water partition coefficient (Wildman–Crippen LogP) is 2.49. The van der Waals surface area contributed by atoms with Crippen LogP contribution in [0.15, 0.2) is 59.7 Å². The number of H-pyrrole nitrogens is 1. The van der Waals surface area contributed by atoms with Crippen molar-refractivity contribution < 1.29 is 4.79 Å². The zero-order chi connectivity index (χ0) is 15.5. The van der Waals surface area contributed by atoms with Crippen LogP contribution in [-0.2, 0) is 6.54 Å². The Morgan fingerprint density at radius 2 is 1.95 bits per heavy atom. The fraction of sp³-hybridized carbons (Fsp3) is 0.118. The second kappa shape index (κ2) is 5.81. The van der Waals surface area contributed by atoms with Crippen LogP contribution in [0.25, 0.3) is 11.3 Å². The summed E-state index contributed by atoms with van der Waals surface area (Å²) in [5, 5.41) is 3.03. The number of hydrogen-bond donors (Lipinski definition) is 1. The molecule has 0 saturated heterocycles. The van der Waals surface area contributed by atoms with Crippen molar-refractivity contribution in [3.8, 4) is 11.3 Å². The standard InChI is InChI=1S/C17H15N3O2/c1-2-20-17(22)14(16(21)13-9-6-10-18-11-13)15(19-20)12-7-4-3-5-8-12/h3-11,19H,2H2,1H3. The Labute approximate surface area is 127 Å². The zero-order valence-electron chi connectivity index (χ0n) is 12.1. The van der Waals surface area contributed by atoms with Crippen LogP contribution >= 0.6 is 0 Å². The molecule has 0 radical (unpaired) electrons. The predicted molar refractivity (Wildman–Crippen MR) is 83.8 cm³/mol. The highest BCUT2D eigenvalue weighted by atomic mass is 16.2. The van der Waals surface area contributed by atoms with E-state index in [9.17, 15) is 9.59 Å². The largest absolute Gasteiger partial charge is 0.294 e. The lowest BCUT2D eigenvalue weighted by molar-refractivity contribution is 0.103. The van der Waals surface area contributed by atoms with E-state index in [1.807, 2.05) is 37.3 Å². The quantitative estimate of drug-likeness (QED) is 0.751. The van der Waals surface area contributed by atoms with Crippen LogP contribution in [0, 0.1) is 0 Å². The molecule has 22 heavy (non-hydrogen) atoms. The van der Waals surface area contributed by atoms with E-state index in [-0.39, 0.29) is 16.9 Å². The van der Waals surface area contributed by atoms with Crippen molar-refractivity contribution in [2.45, 2.75) is 13.5 Å². The van der Waals surface area contributed by atoms with Crippen molar-refractivity contribution in [3.63, 3.8) is 0 Å². The molecule has 0 aliphatic heterocycles. The molecule has 2 aromatic heterocycles. The van der Waals surface area contributed by atoms with Gasteiger partial charge in [0.2, 0.25) is 5.78 Å². The number of hydrogen-bond acceptors (Lipinski definition) is 3. The Morgan fingerprint density at radius 1 is 1.18 bits per heavy atom. The maximum Gasteiger partial charge on any atom is 0.278 e. The second-order valence-electron chi connectivity index (χ2n) is 4.85. The average Bonchev–Trinajstić information content (AvgIpc) is 2.92. The highest BCUT2D eigenvalue weighted by Crippen LogP contribution is 2.21. The summed E-state index contributed by atoms with van der Waals surface area (Å²) in [6.07, 6.45) is 3.07. The molecule has 3 aromatic rings. The third kappa shape index (κ3) is 2.37. The summed E-state index contributed by atoms with van der Waals surface area (Å²) in [5.74, 6) is -0.319. The normalized spacial score (nSPS) is 10.6. The van der Waals surface area contributed by atoms with Gasteiger partial charge in [0.15, 0.2) is 0 Å². The molecular formula is C17H15N3O2. The van der Waals surface area contributed by atoms with Crippen molar-refractivity contribution in [1.82, 2.24) is 14.8 Å². The van der Waals surface area contributed by atoms with E-state index in [1.165, 1.54) is 10.9 Å². The molecule has 0 aliphatic rings. The maximum absolute atomic E-state index is 12.7. The molecule has 0 bridgehead atoms. The third-order valence-electron chi connectivity index (χ3n) is 3.49. The van der Waals surface area contributed by atoms with E-state index >= 15 is 0 Å². The SMILES string of the molecule is CCn1[nH]c(-c2ccccc2)c(C(=O)c2cccnc2)c1=O. The third-order valence-corrected chi connectivity index (χ3v) is 3.49. The summed E-state index contributed by atoms with van der Waals surface area (Å²) >= 11 is 0. The fourth-order valence-corrected chi connectivity index (χ4v) is 2.37. The maximum atomic E-state index is 12.7. The molecule has 5 nitrogen and oxygen atoms in total. The van der Waals surface area contributed by atoms with Crippen molar-refractivity contribution in [2.24, 2.45) is 0 Å². The van der Waals surface area contributed by atoms with E-state index in [0.717, 1.165) is 5.56 Å². The molecule has 0 saturated carbocycles. The van der Waals surface area contributed by atoms with Crippen LogP contribution in [0.1, 0.15) is 22.8 Å². The number of aromatic nitrogens is 3. The van der Waals surface area contributed by atoms with Gasteiger partial charge in [0, 0.05) is 30.1 Å². The van der Waals surface area contributed by atoms with Crippen molar-refractivity contribution in [1.29, 1.82) is 0 Å². The van der Waals surface area contributed by atoms with Gasteiger partial charge in [-0.25, -0.2) is 0 Å². The number of pyridine rings is 1. The van der Waals surface area contributed by atoms with Crippen LogP contribution in [-0.4, -0.2) is 20.5 Å². The number of rotatable bonds is 4. The van der Waals surface area contributed by atoms with Gasteiger partial charge in [0.05, 0.1) is 5.69 Å². The molecule has 1 N–H and O–H groups in total. The number of aromatic amines is 1. The molecule has 0 unspecified atom stereocenters. The van der Waals surface area contributed by atoms with Gasteiger partial charge in [-0.2, -0.15) is 0 Å². The van der Waals surface area contributed by atoms with Gasteiger partial charge in [0.25, 0.3) is 5.56 Å². The summed E-state index contributed by atoms with van der Waals surface area (Å²) in [4.78, 5) is 29.2. The molecule has 0 aliphatic carbocycles. The topological polar surface area (TPSA) is 67.8 Å². The van der Waals surface area contributed by atoms with Crippen molar-refractivity contribution in [3.05, 3.63) is 76.3 Å². The fourth-order valence-electron chi connectivity index (χ4n) is 2.37. The Bertz CT molecular complexity index is 849. The first kappa shape index (κ1) is 14.0. The number of nitrogens with zero attached hydrogens (tertiary/aromatic N) is 2. The molecule has 3 rings (SSSR count). The average molecular weight is 293 g/mol. The Kier molecular flexibility index (Phi) is 3.70. The van der Waals surface area contributed by atoms with E-state index < -0.39 is 0 Å². The van der Waals surface area contributed by atoms with Gasteiger partial charge < -0.3 is 0 Å². The van der Waals surface area contributed by atoms with Crippen LogP contribution < -0.4 is 5.56 Å². The smallest absolute Gasteiger partial charge is 0.278 e. The van der Waals surface area contributed by atoms with Gasteiger partial charge in [-0.3, -0.25) is 24.4 Å². The molecule has 0 spiro atoms. The van der Waals surface area contributed by atoms with Crippen LogP contribution in [0.2, 0.25) is 0 Å². The first-order valence-corrected chi connectivity index (χ1v) is 7.05. The van der Waals surface area contributed by atoms with Crippen LogP contribution in [0.3, 0.4) is 0 Å². The highest BCUT2D eigenvalue weighted by Gasteiger charge is 2.22.